The van der Waals surface area contributed by atoms with E-state index in [2.05, 4.69) is 6.07 Å². The van der Waals surface area contributed by atoms with Gasteiger partial charge in [-0.15, -0.1) is 0 Å². The van der Waals surface area contributed by atoms with Crippen molar-refractivity contribution in [1.29, 1.82) is 0 Å². The summed E-state index contributed by atoms with van der Waals surface area (Å²) in [4.78, 5) is 12.2. The Morgan fingerprint density at radius 2 is 1.72 bits per heavy atom. The SMILES string of the molecule is COc1ccc(-c2ccccc2OC(=O)C2COCCO2)cc1.[c]1ccccc1. The highest BCUT2D eigenvalue weighted by molar-refractivity contribution is 5.81. The second-order valence-electron chi connectivity index (χ2n) is 6.16. The molecular weight excluding hydrogens is 368 g/mol. The second-order valence-corrected chi connectivity index (χ2v) is 6.16. The van der Waals surface area contributed by atoms with E-state index in [-0.39, 0.29) is 6.61 Å². The summed E-state index contributed by atoms with van der Waals surface area (Å²) in [5.74, 6) is 0.832. The van der Waals surface area contributed by atoms with Gasteiger partial charge in [-0.3, -0.25) is 0 Å². The first-order valence-electron chi connectivity index (χ1n) is 9.33. The van der Waals surface area contributed by atoms with E-state index in [0.29, 0.717) is 19.0 Å². The van der Waals surface area contributed by atoms with Crippen LogP contribution in [0.2, 0.25) is 0 Å². The van der Waals surface area contributed by atoms with Gasteiger partial charge in [0.25, 0.3) is 0 Å². The third kappa shape index (κ3) is 6.17. The van der Waals surface area contributed by atoms with Crippen LogP contribution in [0, 0.1) is 6.07 Å². The molecule has 3 aromatic carbocycles. The van der Waals surface area contributed by atoms with Gasteiger partial charge in [0.15, 0.2) is 6.10 Å². The minimum absolute atomic E-state index is 0.226. The van der Waals surface area contributed by atoms with Crippen molar-refractivity contribution in [3.05, 3.63) is 84.9 Å². The summed E-state index contributed by atoms with van der Waals surface area (Å²) < 4.78 is 21.3. The third-order valence-corrected chi connectivity index (χ3v) is 4.18. The molecule has 3 aromatic rings. The number of esters is 1. The van der Waals surface area contributed by atoms with E-state index in [1.807, 2.05) is 72.8 Å². The van der Waals surface area contributed by atoms with Gasteiger partial charge in [-0.1, -0.05) is 60.7 Å². The molecule has 1 radical (unpaired) electrons. The first-order chi connectivity index (χ1) is 14.3. The quantitative estimate of drug-likeness (QED) is 0.494. The lowest BCUT2D eigenvalue weighted by atomic mass is 10.0. The van der Waals surface area contributed by atoms with Gasteiger partial charge in [-0.05, 0) is 29.8 Å². The monoisotopic (exact) mass is 391 g/mol. The molecule has 0 amide bonds. The molecule has 0 spiro atoms. The van der Waals surface area contributed by atoms with E-state index >= 15 is 0 Å². The zero-order valence-electron chi connectivity index (χ0n) is 16.2. The Labute approximate surface area is 170 Å². The van der Waals surface area contributed by atoms with Gasteiger partial charge in [0.05, 0.1) is 26.9 Å². The maximum Gasteiger partial charge on any atom is 0.343 e. The number of hydrogen-bond acceptors (Lipinski definition) is 5. The van der Waals surface area contributed by atoms with Gasteiger partial charge in [0, 0.05) is 5.56 Å². The maximum atomic E-state index is 12.2. The van der Waals surface area contributed by atoms with Crippen molar-refractivity contribution in [3.63, 3.8) is 0 Å². The Morgan fingerprint density at radius 3 is 2.31 bits per heavy atom. The van der Waals surface area contributed by atoms with Gasteiger partial charge in [0.2, 0.25) is 0 Å². The summed E-state index contributed by atoms with van der Waals surface area (Å²) in [5, 5.41) is 0. The van der Waals surface area contributed by atoms with Gasteiger partial charge >= 0.3 is 5.97 Å². The van der Waals surface area contributed by atoms with Crippen molar-refractivity contribution in [2.75, 3.05) is 26.9 Å². The van der Waals surface area contributed by atoms with Crippen LogP contribution in [-0.2, 0) is 14.3 Å². The van der Waals surface area contributed by atoms with Crippen LogP contribution in [0.25, 0.3) is 11.1 Å². The molecular formula is C24H23O5. The largest absolute Gasteiger partial charge is 0.497 e. The molecule has 149 valence electrons. The molecule has 1 saturated heterocycles. The lowest BCUT2D eigenvalue weighted by Crippen LogP contribution is -2.38. The molecule has 0 bridgehead atoms. The average molecular weight is 391 g/mol. The number of ether oxygens (including phenoxy) is 4. The summed E-state index contributed by atoms with van der Waals surface area (Å²) in [7, 11) is 1.62. The van der Waals surface area contributed by atoms with Crippen LogP contribution >= 0.6 is 0 Å². The Hall–Kier alpha value is -3.15. The van der Waals surface area contributed by atoms with E-state index < -0.39 is 12.1 Å². The lowest BCUT2D eigenvalue weighted by molar-refractivity contribution is -0.161. The van der Waals surface area contributed by atoms with Crippen LogP contribution in [-0.4, -0.2) is 39.0 Å². The van der Waals surface area contributed by atoms with E-state index in [1.165, 1.54) is 0 Å². The summed E-state index contributed by atoms with van der Waals surface area (Å²) in [6, 6.07) is 27.5. The lowest BCUT2D eigenvalue weighted by Gasteiger charge is -2.21. The van der Waals surface area contributed by atoms with Gasteiger partial charge < -0.3 is 18.9 Å². The Morgan fingerprint density at radius 1 is 0.966 bits per heavy atom. The molecule has 0 aliphatic carbocycles. The van der Waals surface area contributed by atoms with Crippen molar-refractivity contribution >= 4 is 5.97 Å². The fraction of sp³-hybridized carbons (Fsp3) is 0.208. The minimum Gasteiger partial charge on any atom is -0.497 e. The van der Waals surface area contributed by atoms with Crippen LogP contribution < -0.4 is 9.47 Å². The Bertz CT molecular complexity index is 845. The van der Waals surface area contributed by atoms with Crippen LogP contribution in [0.4, 0.5) is 0 Å². The Balaban J connectivity index is 0.000000343. The van der Waals surface area contributed by atoms with Crippen LogP contribution in [0.1, 0.15) is 0 Å². The smallest absolute Gasteiger partial charge is 0.343 e. The molecule has 1 unspecified atom stereocenters. The normalized spacial score (nSPS) is 15.6. The number of rotatable bonds is 4. The van der Waals surface area contributed by atoms with Crippen molar-refractivity contribution in [2.24, 2.45) is 0 Å². The highest BCUT2D eigenvalue weighted by Crippen LogP contribution is 2.31. The van der Waals surface area contributed by atoms with Crippen molar-refractivity contribution in [3.8, 4) is 22.6 Å². The molecule has 1 aliphatic heterocycles. The fourth-order valence-electron chi connectivity index (χ4n) is 2.70. The average Bonchev–Trinajstić information content (AvgIpc) is 2.82. The Kier molecular flexibility index (Phi) is 7.81. The molecule has 1 aliphatic rings. The van der Waals surface area contributed by atoms with E-state index in [0.717, 1.165) is 16.9 Å². The zero-order chi connectivity index (χ0) is 20.3. The predicted octanol–water partition coefficient (Wildman–Crippen LogP) is 4.17. The first-order valence-corrected chi connectivity index (χ1v) is 9.33. The summed E-state index contributed by atoms with van der Waals surface area (Å²) in [6.07, 6.45) is -0.673. The standard InChI is InChI=1S/C18H18O5.C6H5/c1-20-14-8-6-13(7-9-14)15-4-2-3-5-16(15)23-18(19)17-12-21-10-11-22-17;1-2-4-6-5-3-1/h2-9,17H,10-12H2,1H3;1-5H. The number of para-hydroxylation sites is 1. The zero-order valence-corrected chi connectivity index (χ0v) is 16.2. The summed E-state index contributed by atoms with van der Waals surface area (Å²) >= 11 is 0. The summed E-state index contributed by atoms with van der Waals surface area (Å²) in [5.41, 5.74) is 1.77. The molecule has 0 N–H and O–H groups in total. The number of carbonyl (C=O) groups excluding carboxylic acids is 1. The molecule has 29 heavy (non-hydrogen) atoms. The molecule has 1 fully saturated rings. The highest BCUT2D eigenvalue weighted by atomic mass is 16.6. The maximum absolute atomic E-state index is 12.2. The number of hydrogen-bond donors (Lipinski definition) is 0. The molecule has 0 aromatic heterocycles. The molecule has 0 saturated carbocycles. The van der Waals surface area contributed by atoms with Crippen LogP contribution in [0.5, 0.6) is 11.5 Å². The molecule has 1 atom stereocenters. The van der Waals surface area contributed by atoms with E-state index in [9.17, 15) is 4.79 Å². The van der Waals surface area contributed by atoms with Crippen molar-refractivity contribution in [1.82, 2.24) is 0 Å². The number of benzene rings is 3. The van der Waals surface area contributed by atoms with E-state index in [4.69, 9.17) is 18.9 Å². The first kappa shape index (κ1) is 20.6. The van der Waals surface area contributed by atoms with Crippen molar-refractivity contribution in [2.45, 2.75) is 6.10 Å². The molecule has 1 heterocycles. The highest BCUT2D eigenvalue weighted by Gasteiger charge is 2.25. The minimum atomic E-state index is -0.673. The molecule has 5 nitrogen and oxygen atoms in total. The predicted molar refractivity (Wildman–Crippen MR) is 110 cm³/mol. The second kappa shape index (κ2) is 11.0. The molecule has 5 heteroatoms. The van der Waals surface area contributed by atoms with E-state index in [1.54, 1.807) is 13.2 Å². The van der Waals surface area contributed by atoms with Crippen LogP contribution in [0.15, 0.2) is 78.9 Å². The van der Waals surface area contributed by atoms with Crippen LogP contribution in [0.3, 0.4) is 0 Å². The fourth-order valence-corrected chi connectivity index (χ4v) is 2.70. The van der Waals surface area contributed by atoms with Gasteiger partial charge in [-0.25, -0.2) is 4.79 Å². The number of methoxy groups -OCH3 is 1. The third-order valence-electron chi connectivity index (χ3n) is 4.18. The summed E-state index contributed by atoms with van der Waals surface area (Å²) in [6.45, 7) is 1.13. The van der Waals surface area contributed by atoms with Crippen molar-refractivity contribution < 1.29 is 23.7 Å². The van der Waals surface area contributed by atoms with Gasteiger partial charge in [-0.2, -0.15) is 0 Å². The number of carbonyl (C=O) groups is 1. The topological polar surface area (TPSA) is 54.0 Å². The van der Waals surface area contributed by atoms with Gasteiger partial charge in [0.1, 0.15) is 11.5 Å². The molecule has 4 rings (SSSR count).